The van der Waals surface area contributed by atoms with Crippen LogP contribution in [0.5, 0.6) is 5.75 Å². The summed E-state index contributed by atoms with van der Waals surface area (Å²) in [6, 6.07) is 4.69. The zero-order valence-corrected chi connectivity index (χ0v) is 9.60. The van der Waals surface area contributed by atoms with Crippen molar-refractivity contribution in [3.63, 3.8) is 0 Å². The molecule has 2 fully saturated rings. The molecule has 1 N–H and O–H groups in total. The monoisotopic (exact) mass is 237 g/mol. The van der Waals surface area contributed by atoms with Gasteiger partial charge in [0.25, 0.3) is 0 Å². The number of aromatic hydroxyl groups is 1. The van der Waals surface area contributed by atoms with Gasteiger partial charge in [0.05, 0.1) is 12.2 Å². The number of likely N-dealkylation sites (tertiary alicyclic amines) is 1. The molecule has 0 spiro atoms. The van der Waals surface area contributed by atoms with Gasteiger partial charge in [0.2, 0.25) is 0 Å². The third kappa shape index (κ3) is 2.15. The fourth-order valence-electron chi connectivity index (χ4n) is 2.76. The summed E-state index contributed by atoms with van der Waals surface area (Å²) in [7, 11) is 0. The third-order valence-corrected chi connectivity index (χ3v) is 3.58. The first kappa shape index (κ1) is 11.0. The number of nitrogens with zero attached hydrogens (tertiary/aromatic N) is 1. The number of ether oxygens (including phenoxy) is 1. The van der Waals surface area contributed by atoms with Crippen molar-refractivity contribution in [2.75, 3.05) is 13.1 Å². The topological polar surface area (TPSA) is 32.7 Å². The SMILES string of the molecule is Oc1c(F)cccc1CN1CC2CCC(C1)O2. The first-order valence-electron chi connectivity index (χ1n) is 6.06. The van der Waals surface area contributed by atoms with E-state index >= 15 is 0 Å². The summed E-state index contributed by atoms with van der Waals surface area (Å²) in [5, 5.41) is 9.64. The highest BCUT2D eigenvalue weighted by Crippen LogP contribution is 2.29. The number of hydrogen-bond donors (Lipinski definition) is 1. The van der Waals surface area contributed by atoms with Gasteiger partial charge < -0.3 is 9.84 Å². The van der Waals surface area contributed by atoms with Gasteiger partial charge in [-0.1, -0.05) is 12.1 Å². The van der Waals surface area contributed by atoms with Crippen LogP contribution in [0, 0.1) is 5.82 Å². The molecule has 2 unspecified atom stereocenters. The molecule has 2 heterocycles. The molecule has 0 radical (unpaired) electrons. The number of morpholine rings is 1. The molecule has 17 heavy (non-hydrogen) atoms. The van der Waals surface area contributed by atoms with Crippen LogP contribution in [0.3, 0.4) is 0 Å². The van der Waals surface area contributed by atoms with E-state index in [4.69, 9.17) is 4.74 Å². The number of benzene rings is 1. The van der Waals surface area contributed by atoms with E-state index in [1.165, 1.54) is 6.07 Å². The first-order valence-corrected chi connectivity index (χ1v) is 6.06. The van der Waals surface area contributed by atoms with Crippen LogP contribution in [0.1, 0.15) is 18.4 Å². The van der Waals surface area contributed by atoms with Crippen LogP contribution >= 0.6 is 0 Å². The molecule has 2 atom stereocenters. The van der Waals surface area contributed by atoms with E-state index in [1.54, 1.807) is 12.1 Å². The van der Waals surface area contributed by atoms with Crippen molar-refractivity contribution in [3.05, 3.63) is 29.6 Å². The van der Waals surface area contributed by atoms with Gasteiger partial charge in [-0.05, 0) is 18.9 Å². The largest absolute Gasteiger partial charge is 0.505 e. The third-order valence-electron chi connectivity index (χ3n) is 3.58. The molecular weight excluding hydrogens is 221 g/mol. The highest BCUT2D eigenvalue weighted by Gasteiger charge is 2.33. The van der Waals surface area contributed by atoms with Crippen LogP contribution in [0.2, 0.25) is 0 Å². The zero-order chi connectivity index (χ0) is 11.8. The Kier molecular flexibility index (Phi) is 2.76. The summed E-state index contributed by atoms with van der Waals surface area (Å²) in [4.78, 5) is 2.24. The normalized spacial score (nSPS) is 28.5. The smallest absolute Gasteiger partial charge is 0.165 e. The second-order valence-corrected chi connectivity index (χ2v) is 4.90. The molecule has 2 aliphatic rings. The first-order chi connectivity index (χ1) is 8.22. The number of rotatable bonds is 2. The van der Waals surface area contributed by atoms with Crippen LogP contribution in [0.15, 0.2) is 18.2 Å². The lowest BCUT2D eigenvalue weighted by Crippen LogP contribution is -2.41. The van der Waals surface area contributed by atoms with Crippen LogP contribution < -0.4 is 0 Å². The van der Waals surface area contributed by atoms with E-state index < -0.39 is 5.82 Å². The van der Waals surface area contributed by atoms with Crippen molar-refractivity contribution >= 4 is 0 Å². The van der Waals surface area contributed by atoms with Gasteiger partial charge in [0.1, 0.15) is 0 Å². The van der Waals surface area contributed by atoms with Gasteiger partial charge in [-0.3, -0.25) is 4.90 Å². The minimum Gasteiger partial charge on any atom is -0.505 e. The standard InChI is InChI=1S/C13H16FNO2/c14-12-3-1-2-9(13(12)16)6-15-7-10-4-5-11(8-15)17-10/h1-3,10-11,16H,4-8H2. The number of halogens is 1. The fraction of sp³-hybridized carbons (Fsp3) is 0.538. The summed E-state index contributed by atoms with van der Waals surface area (Å²) < 4.78 is 18.9. The maximum atomic E-state index is 13.2. The lowest BCUT2D eigenvalue weighted by Gasteiger charge is -2.32. The van der Waals surface area contributed by atoms with Crippen molar-refractivity contribution in [2.24, 2.45) is 0 Å². The molecule has 2 saturated heterocycles. The van der Waals surface area contributed by atoms with Crippen molar-refractivity contribution in [3.8, 4) is 5.75 Å². The van der Waals surface area contributed by atoms with Gasteiger partial charge in [0.15, 0.2) is 11.6 Å². The molecule has 2 bridgehead atoms. The van der Waals surface area contributed by atoms with Crippen molar-refractivity contribution in [1.82, 2.24) is 4.90 Å². The maximum absolute atomic E-state index is 13.2. The van der Waals surface area contributed by atoms with E-state index in [-0.39, 0.29) is 5.75 Å². The Labute approximate surface area is 99.8 Å². The summed E-state index contributed by atoms with van der Waals surface area (Å²) in [5.41, 5.74) is 0.659. The number of phenols is 1. The Morgan fingerprint density at radius 3 is 2.71 bits per heavy atom. The van der Waals surface area contributed by atoms with E-state index in [9.17, 15) is 9.50 Å². The van der Waals surface area contributed by atoms with E-state index in [1.807, 2.05) is 0 Å². The van der Waals surface area contributed by atoms with Crippen LogP contribution in [0.4, 0.5) is 4.39 Å². The highest BCUT2D eigenvalue weighted by atomic mass is 19.1. The van der Waals surface area contributed by atoms with Crippen LogP contribution in [0.25, 0.3) is 0 Å². The quantitative estimate of drug-likeness (QED) is 0.852. The van der Waals surface area contributed by atoms with Gasteiger partial charge in [0, 0.05) is 25.2 Å². The predicted molar refractivity (Wildman–Crippen MR) is 61.2 cm³/mol. The van der Waals surface area contributed by atoms with Gasteiger partial charge in [-0.2, -0.15) is 0 Å². The van der Waals surface area contributed by atoms with Crippen molar-refractivity contribution < 1.29 is 14.2 Å². The summed E-state index contributed by atoms with van der Waals surface area (Å²) >= 11 is 0. The average molecular weight is 237 g/mol. The Balaban J connectivity index is 1.72. The second kappa shape index (κ2) is 4.27. The van der Waals surface area contributed by atoms with Crippen LogP contribution in [-0.4, -0.2) is 35.3 Å². The lowest BCUT2D eigenvalue weighted by atomic mass is 10.1. The highest BCUT2D eigenvalue weighted by molar-refractivity contribution is 5.33. The Bertz CT molecular complexity index is 412. The minimum atomic E-state index is -0.543. The van der Waals surface area contributed by atoms with E-state index in [2.05, 4.69) is 4.90 Å². The minimum absolute atomic E-state index is 0.216. The molecule has 92 valence electrons. The Morgan fingerprint density at radius 1 is 1.29 bits per heavy atom. The molecule has 0 aliphatic carbocycles. The molecule has 1 aromatic rings. The molecule has 4 heteroatoms. The Morgan fingerprint density at radius 2 is 2.00 bits per heavy atom. The molecule has 1 aromatic carbocycles. The molecule has 0 amide bonds. The fourth-order valence-corrected chi connectivity index (χ4v) is 2.76. The molecule has 0 saturated carbocycles. The van der Waals surface area contributed by atoms with Gasteiger partial charge >= 0.3 is 0 Å². The maximum Gasteiger partial charge on any atom is 0.165 e. The lowest BCUT2D eigenvalue weighted by molar-refractivity contribution is -0.0412. The van der Waals surface area contributed by atoms with Gasteiger partial charge in [-0.25, -0.2) is 4.39 Å². The van der Waals surface area contributed by atoms with E-state index in [0.717, 1.165) is 25.9 Å². The van der Waals surface area contributed by atoms with Crippen molar-refractivity contribution in [1.29, 1.82) is 0 Å². The second-order valence-electron chi connectivity index (χ2n) is 4.90. The summed E-state index contributed by atoms with van der Waals surface area (Å²) in [6.07, 6.45) is 2.89. The van der Waals surface area contributed by atoms with Crippen molar-refractivity contribution in [2.45, 2.75) is 31.6 Å². The predicted octanol–water partition coefficient (Wildman–Crippen LogP) is 1.89. The molecular formula is C13H16FNO2. The van der Waals surface area contributed by atoms with Crippen LogP contribution in [-0.2, 0) is 11.3 Å². The molecule has 0 aromatic heterocycles. The Hall–Kier alpha value is -1.13. The number of hydrogen-bond acceptors (Lipinski definition) is 3. The number of fused-ring (bicyclic) bond motifs is 2. The molecule has 2 aliphatic heterocycles. The van der Waals surface area contributed by atoms with E-state index in [0.29, 0.717) is 24.3 Å². The number of para-hydroxylation sites is 1. The zero-order valence-electron chi connectivity index (χ0n) is 9.60. The molecule has 3 rings (SSSR count). The summed E-state index contributed by atoms with van der Waals surface area (Å²) in [6.45, 7) is 2.36. The molecule has 3 nitrogen and oxygen atoms in total. The average Bonchev–Trinajstić information content (AvgIpc) is 2.65. The number of phenolic OH excluding ortho intramolecular Hbond substituents is 1. The van der Waals surface area contributed by atoms with Gasteiger partial charge in [-0.15, -0.1) is 0 Å². The summed E-state index contributed by atoms with van der Waals surface area (Å²) in [5.74, 6) is -0.759.